The van der Waals surface area contributed by atoms with Crippen LogP contribution in [0.3, 0.4) is 0 Å². The van der Waals surface area contributed by atoms with Crippen LogP contribution in [0.4, 0.5) is 10.2 Å². The number of aromatic nitrogens is 3. The van der Waals surface area contributed by atoms with Crippen LogP contribution in [0.1, 0.15) is 23.2 Å². The highest BCUT2D eigenvalue weighted by Gasteiger charge is 2.26. The maximum Gasteiger partial charge on any atom is 0.253 e. The highest BCUT2D eigenvalue weighted by Crippen LogP contribution is 2.44. The number of benzene rings is 2. The molecule has 3 heterocycles. The van der Waals surface area contributed by atoms with Crippen LogP contribution in [0.15, 0.2) is 55.0 Å². The molecule has 196 valence electrons. The molecule has 0 bridgehead atoms. The van der Waals surface area contributed by atoms with Crippen molar-refractivity contribution in [3.63, 3.8) is 0 Å². The summed E-state index contributed by atoms with van der Waals surface area (Å²) in [5.41, 5.74) is 2.37. The summed E-state index contributed by atoms with van der Waals surface area (Å²) in [7, 11) is 4.70. The summed E-state index contributed by atoms with van der Waals surface area (Å²) >= 11 is 0. The lowest BCUT2D eigenvalue weighted by atomic mass is 10.0. The third-order valence-electron chi connectivity index (χ3n) is 6.69. The minimum Gasteiger partial charge on any atom is -0.493 e. The summed E-state index contributed by atoms with van der Waals surface area (Å²) in [5, 5.41) is 3.91. The number of fused-ring (bicyclic) bond motifs is 1. The number of piperidine rings is 1. The number of carbonyl (C=O) groups is 1. The monoisotopic (exact) mass is 517 g/mol. The second-order valence-electron chi connectivity index (χ2n) is 8.92. The number of carbonyl (C=O) groups excluding carboxylic acids is 1. The maximum atomic E-state index is 13.5. The van der Waals surface area contributed by atoms with Crippen molar-refractivity contribution < 1.29 is 23.4 Å². The molecule has 1 aliphatic heterocycles. The van der Waals surface area contributed by atoms with E-state index >= 15 is 0 Å². The average Bonchev–Trinajstić information content (AvgIpc) is 2.96. The fraction of sp³-hybridized carbons (Fsp3) is 0.286. The molecule has 0 unspecified atom stereocenters. The summed E-state index contributed by atoms with van der Waals surface area (Å²) in [4.78, 5) is 28.4. The molecule has 1 amide bonds. The van der Waals surface area contributed by atoms with E-state index in [4.69, 9.17) is 14.2 Å². The third kappa shape index (κ3) is 4.89. The summed E-state index contributed by atoms with van der Waals surface area (Å²) in [6.45, 7) is 1.40. The van der Waals surface area contributed by atoms with Gasteiger partial charge >= 0.3 is 0 Å². The minimum atomic E-state index is -0.328. The van der Waals surface area contributed by atoms with Crippen molar-refractivity contribution in [2.75, 3.05) is 39.3 Å². The number of hydrogen-bond donors (Lipinski definition) is 1. The van der Waals surface area contributed by atoms with Gasteiger partial charge in [-0.15, -0.1) is 0 Å². The second-order valence-corrected chi connectivity index (χ2v) is 8.92. The molecule has 1 fully saturated rings. The van der Waals surface area contributed by atoms with E-state index in [0.717, 1.165) is 24.0 Å². The Bertz CT molecular complexity index is 1460. The lowest BCUT2D eigenvalue weighted by Crippen LogP contribution is -2.45. The van der Waals surface area contributed by atoms with Gasteiger partial charge in [0.2, 0.25) is 5.75 Å². The molecular formula is C28H28FN5O4. The van der Waals surface area contributed by atoms with Crippen molar-refractivity contribution >= 4 is 22.6 Å². The Labute approximate surface area is 219 Å². The molecule has 1 N–H and O–H groups in total. The maximum absolute atomic E-state index is 13.5. The van der Waals surface area contributed by atoms with Gasteiger partial charge in [-0.1, -0.05) is 12.1 Å². The highest BCUT2D eigenvalue weighted by molar-refractivity contribution is 5.97. The van der Waals surface area contributed by atoms with Crippen molar-refractivity contribution in [3.05, 3.63) is 66.4 Å². The lowest BCUT2D eigenvalue weighted by Gasteiger charge is -2.33. The molecule has 9 nitrogen and oxygen atoms in total. The number of pyridine rings is 1. The van der Waals surface area contributed by atoms with Crippen molar-refractivity contribution in [1.29, 1.82) is 0 Å². The summed E-state index contributed by atoms with van der Waals surface area (Å²) in [6, 6.07) is 11.5. The third-order valence-corrected chi connectivity index (χ3v) is 6.69. The van der Waals surface area contributed by atoms with Crippen LogP contribution in [0.5, 0.6) is 17.2 Å². The van der Waals surface area contributed by atoms with Crippen LogP contribution in [0.25, 0.3) is 22.2 Å². The van der Waals surface area contributed by atoms with Gasteiger partial charge in [-0.25, -0.2) is 14.4 Å². The number of rotatable bonds is 7. The Balaban J connectivity index is 1.27. The molecule has 0 radical (unpaired) electrons. The van der Waals surface area contributed by atoms with E-state index in [1.54, 1.807) is 45.6 Å². The molecule has 1 saturated heterocycles. The number of amides is 1. The molecule has 2 aromatic carbocycles. The Morgan fingerprint density at radius 2 is 1.76 bits per heavy atom. The Hall–Kier alpha value is -4.47. The van der Waals surface area contributed by atoms with E-state index in [9.17, 15) is 9.18 Å². The summed E-state index contributed by atoms with van der Waals surface area (Å²) in [5.74, 6) is 1.76. The number of halogens is 1. The first kappa shape index (κ1) is 25.2. The van der Waals surface area contributed by atoms with Crippen LogP contribution in [0, 0.1) is 5.82 Å². The van der Waals surface area contributed by atoms with Crippen molar-refractivity contribution in [3.8, 4) is 28.5 Å². The topological polar surface area (TPSA) is 98.7 Å². The summed E-state index contributed by atoms with van der Waals surface area (Å²) < 4.78 is 30.1. The van der Waals surface area contributed by atoms with E-state index < -0.39 is 0 Å². The Kier molecular flexibility index (Phi) is 7.21. The van der Waals surface area contributed by atoms with E-state index in [2.05, 4.69) is 25.2 Å². The molecule has 0 saturated carbocycles. The first-order valence-electron chi connectivity index (χ1n) is 12.2. The van der Waals surface area contributed by atoms with E-state index in [1.807, 2.05) is 6.07 Å². The predicted octanol–water partition coefficient (Wildman–Crippen LogP) is 4.26. The minimum absolute atomic E-state index is 0.0129. The Morgan fingerprint density at radius 3 is 2.42 bits per heavy atom. The van der Waals surface area contributed by atoms with Gasteiger partial charge in [0, 0.05) is 30.9 Å². The summed E-state index contributed by atoms with van der Waals surface area (Å²) in [6.07, 6.45) is 4.53. The van der Waals surface area contributed by atoms with Gasteiger partial charge in [0.15, 0.2) is 11.5 Å². The van der Waals surface area contributed by atoms with Gasteiger partial charge < -0.3 is 24.4 Å². The number of nitrogens with zero attached hydrogens (tertiary/aromatic N) is 4. The van der Waals surface area contributed by atoms with Gasteiger partial charge in [-0.3, -0.25) is 9.78 Å². The lowest BCUT2D eigenvalue weighted by molar-refractivity contribution is 0.0930. The average molecular weight is 518 g/mol. The zero-order valence-corrected chi connectivity index (χ0v) is 21.4. The smallest absolute Gasteiger partial charge is 0.253 e. The van der Waals surface area contributed by atoms with Gasteiger partial charge in [0.05, 0.1) is 38.0 Å². The SMILES string of the molecule is COc1cc2c(N3CCC(NC(=O)c4ccc(-c5cccc(F)c5)nc4)CC3)ncnc2c(OC)c1OC. The van der Waals surface area contributed by atoms with E-state index in [1.165, 1.54) is 24.7 Å². The largest absolute Gasteiger partial charge is 0.493 e. The molecule has 38 heavy (non-hydrogen) atoms. The predicted molar refractivity (Wildman–Crippen MR) is 142 cm³/mol. The normalized spacial score (nSPS) is 13.8. The van der Waals surface area contributed by atoms with Gasteiger partial charge in [0.1, 0.15) is 23.5 Å². The first-order valence-corrected chi connectivity index (χ1v) is 12.2. The molecule has 0 spiro atoms. The van der Waals surface area contributed by atoms with Gasteiger partial charge in [-0.2, -0.15) is 0 Å². The number of hydrogen-bond acceptors (Lipinski definition) is 8. The fourth-order valence-electron chi connectivity index (χ4n) is 4.75. The first-order chi connectivity index (χ1) is 18.5. The van der Waals surface area contributed by atoms with Crippen LogP contribution < -0.4 is 24.4 Å². The standard InChI is InChI=1S/C28H28FN5O4/c1-36-23-14-21-24(26(38-3)25(23)37-2)31-16-32-27(21)34-11-9-20(10-12-34)33-28(35)18-7-8-22(30-15-18)17-5-4-6-19(29)13-17/h4-8,13-16,20H,9-12H2,1-3H3,(H,33,35). The zero-order chi connectivity index (χ0) is 26.6. The number of nitrogens with one attached hydrogen (secondary N) is 1. The van der Waals surface area contributed by atoms with Crippen molar-refractivity contribution in [1.82, 2.24) is 20.3 Å². The molecular weight excluding hydrogens is 489 g/mol. The molecule has 0 aliphatic carbocycles. The molecule has 10 heteroatoms. The van der Waals surface area contributed by atoms with Crippen LogP contribution in [0.2, 0.25) is 0 Å². The van der Waals surface area contributed by atoms with Gasteiger partial charge in [-0.05, 0) is 43.2 Å². The molecule has 1 aliphatic rings. The number of methoxy groups -OCH3 is 3. The van der Waals surface area contributed by atoms with Crippen LogP contribution in [-0.2, 0) is 0 Å². The highest BCUT2D eigenvalue weighted by atomic mass is 19.1. The van der Waals surface area contributed by atoms with Crippen LogP contribution in [-0.4, -0.2) is 61.3 Å². The number of anilines is 1. The van der Waals surface area contributed by atoms with Crippen LogP contribution >= 0.6 is 0 Å². The van der Waals surface area contributed by atoms with Gasteiger partial charge in [0.25, 0.3) is 5.91 Å². The molecule has 2 aromatic heterocycles. The Morgan fingerprint density at radius 1 is 0.974 bits per heavy atom. The second kappa shape index (κ2) is 10.9. The molecule has 5 rings (SSSR count). The molecule has 0 atom stereocenters. The van der Waals surface area contributed by atoms with E-state index in [-0.39, 0.29) is 17.8 Å². The van der Waals surface area contributed by atoms with Crippen molar-refractivity contribution in [2.24, 2.45) is 0 Å². The fourth-order valence-corrected chi connectivity index (χ4v) is 4.75. The zero-order valence-electron chi connectivity index (χ0n) is 21.4. The number of ether oxygens (including phenoxy) is 3. The quantitative estimate of drug-likeness (QED) is 0.388. The van der Waals surface area contributed by atoms with Crippen molar-refractivity contribution in [2.45, 2.75) is 18.9 Å². The molecule has 4 aromatic rings. The van der Waals surface area contributed by atoms with E-state index in [0.29, 0.717) is 52.7 Å².